The van der Waals surface area contributed by atoms with Gasteiger partial charge in [0.15, 0.2) is 23.0 Å². The summed E-state index contributed by atoms with van der Waals surface area (Å²) in [4.78, 5) is 4.50. The molecule has 0 saturated heterocycles. The van der Waals surface area contributed by atoms with Crippen molar-refractivity contribution in [2.24, 2.45) is 0 Å². The first kappa shape index (κ1) is 31.0. The van der Waals surface area contributed by atoms with E-state index < -0.39 is 0 Å². The summed E-state index contributed by atoms with van der Waals surface area (Å²) in [5.41, 5.74) is 10.7. The highest BCUT2D eigenvalue weighted by Gasteiger charge is 2.24. The van der Waals surface area contributed by atoms with Gasteiger partial charge in [-0.3, -0.25) is 0 Å². The van der Waals surface area contributed by atoms with Gasteiger partial charge in [0.05, 0.1) is 11.4 Å². The molecule has 52 heavy (non-hydrogen) atoms. The average Bonchev–Trinajstić information content (AvgIpc) is 3.22. The highest BCUT2D eigenvalue weighted by Crippen LogP contribution is 2.50. The number of nitrogens with zero attached hydrogens (tertiary/aromatic N) is 2. The molecule has 4 nitrogen and oxygen atoms in total. The molecule has 4 heteroatoms. The van der Waals surface area contributed by atoms with Crippen LogP contribution >= 0.6 is 0 Å². The Bertz CT molecular complexity index is 2290. The molecule has 0 bridgehead atoms. The minimum atomic E-state index is 0.652. The van der Waals surface area contributed by atoms with Gasteiger partial charge >= 0.3 is 0 Å². The molecular weight excluding hydrogens is 637 g/mol. The van der Waals surface area contributed by atoms with E-state index in [0.717, 1.165) is 45.3 Å². The van der Waals surface area contributed by atoms with E-state index in [4.69, 9.17) is 9.47 Å². The molecule has 0 fully saturated rings. The molecule has 0 radical (unpaired) electrons. The molecule has 1 aliphatic heterocycles. The maximum absolute atomic E-state index is 6.71. The minimum Gasteiger partial charge on any atom is -0.450 e. The third-order valence-corrected chi connectivity index (χ3v) is 9.26. The van der Waals surface area contributed by atoms with E-state index in [2.05, 4.69) is 180 Å². The van der Waals surface area contributed by atoms with Crippen LogP contribution in [0.4, 0.5) is 34.1 Å². The predicted octanol–water partition coefficient (Wildman–Crippen LogP) is 13.9. The van der Waals surface area contributed by atoms with Crippen molar-refractivity contribution >= 4 is 34.1 Å². The second kappa shape index (κ2) is 13.7. The molecule has 248 valence electrons. The number of benzene rings is 8. The van der Waals surface area contributed by atoms with Crippen molar-refractivity contribution in [3.8, 4) is 45.3 Å². The summed E-state index contributed by atoms with van der Waals surface area (Å²) >= 11 is 0. The van der Waals surface area contributed by atoms with Crippen LogP contribution in [0.2, 0.25) is 0 Å². The maximum atomic E-state index is 6.71. The summed E-state index contributed by atoms with van der Waals surface area (Å²) in [6.07, 6.45) is 0. The van der Waals surface area contributed by atoms with Crippen LogP contribution in [0.15, 0.2) is 206 Å². The van der Waals surface area contributed by atoms with Gasteiger partial charge in [0, 0.05) is 34.9 Å². The molecule has 0 aromatic heterocycles. The number of anilines is 6. The van der Waals surface area contributed by atoms with Crippen molar-refractivity contribution in [2.45, 2.75) is 0 Å². The third-order valence-electron chi connectivity index (χ3n) is 9.26. The van der Waals surface area contributed by atoms with Crippen molar-refractivity contribution in [1.29, 1.82) is 0 Å². The normalized spacial score (nSPS) is 11.4. The lowest BCUT2D eigenvalue weighted by Gasteiger charge is -2.29. The van der Waals surface area contributed by atoms with Crippen molar-refractivity contribution in [3.63, 3.8) is 0 Å². The Morgan fingerprint density at radius 3 is 0.981 bits per heavy atom. The summed E-state index contributed by atoms with van der Waals surface area (Å²) < 4.78 is 13.2. The Morgan fingerprint density at radius 1 is 0.231 bits per heavy atom. The van der Waals surface area contributed by atoms with Crippen LogP contribution in [-0.2, 0) is 0 Å². The summed E-state index contributed by atoms with van der Waals surface area (Å²) in [6, 6.07) is 71.3. The van der Waals surface area contributed by atoms with E-state index in [1.54, 1.807) is 0 Å². The molecule has 8 aromatic carbocycles. The molecule has 0 amide bonds. The Kier molecular flexibility index (Phi) is 8.16. The van der Waals surface area contributed by atoms with Crippen LogP contribution in [-0.4, -0.2) is 0 Å². The first-order valence-electron chi connectivity index (χ1n) is 17.4. The standard InChI is InChI=1S/C48H34N2O2/c1-5-15-35(16-6-1)37-19-13-25-41(31-37)49(39-21-9-3-10-22-39)43-27-29-45-47(33-43)52-48-34-44(28-30-46(48)51-45)50(40-23-11-4-12-24-40)42-26-14-20-38(32-42)36-17-7-2-8-18-36/h1-34H. The van der Waals surface area contributed by atoms with Crippen LogP contribution in [0.5, 0.6) is 23.0 Å². The van der Waals surface area contributed by atoms with Gasteiger partial charge in [-0.05, 0) is 95.1 Å². The summed E-state index contributed by atoms with van der Waals surface area (Å²) in [5.74, 6) is 2.65. The quantitative estimate of drug-likeness (QED) is 0.161. The average molecular weight is 671 g/mol. The summed E-state index contributed by atoms with van der Waals surface area (Å²) in [5, 5.41) is 0. The fraction of sp³-hybridized carbons (Fsp3) is 0. The van der Waals surface area contributed by atoms with E-state index in [1.807, 2.05) is 36.4 Å². The highest BCUT2D eigenvalue weighted by atomic mass is 16.6. The fourth-order valence-corrected chi connectivity index (χ4v) is 6.80. The number of para-hydroxylation sites is 2. The minimum absolute atomic E-state index is 0.652. The smallest absolute Gasteiger partial charge is 0.172 e. The Hall–Kier alpha value is -7.04. The zero-order valence-electron chi connectivity index (χ0n) is 28.3. The molecule has 8 aromatic rings. The second-order valence-electron chi connectivity index (χ2n) is 12.6. The Labute approximate surface area is 304 Å². The SMILES string of the molecule is c1ccc(-c2cccc(N(c3ccccc3)c3ccc4c(c3)Oc3cc(N(c5ccccc5)c5cccc(-c6ccccc6)c5)ccc3O4)c2)cc1. The Morgan fingerprint density at radius 2 is 0.558 bits per heavy atom. The molecular formula is C48H34N2O2. The number of hydrogen-bond acceptors (Lipinski definition) is 4. The van der Waals surface area contributed by atoms with Gasteiger partial charge in [0.25, 0.3) is 0 Å². The zero-order valence-corrected chi connectivity index (χ0v) is 28.3. The topological polar surface area (TPSA) is 24.9 Å². The van der Waals surface area contributed by atoms with E-state index in [9.17, 15) is 0 Å². The number of hydrogen-bond donors (Lipinski definition) is 0. The van der Waals surface area contributed by atoms with Gasteiger partial charge in [0.2, 0.25) is 0 Å². The van der Waals surface area contributed by atoms with Crippen LogP contribution in [0.25, 0.3) is 22.3 Å². The molecule has 1 aliphatic rings. The van der Waals surface area contributed by atoms with E-state index in [-0.39, 0.29) is 0 Å². The number of ether oxygens (including phenoxy) is 2. The van der Waals surface area contributed by atoms with Gasteiger partial charge in [-0.1, -0.05) is 121 Å². The lowest BCUT2D eigenvalue weighted by molar-refractivity contribution is 0.360. The Balaban J connectivity index is 1.09. The number of fused-ring (bicyclic) bond motifs is 2. The first-order chi connectivity index (χ1) is 25.8. The van der Waals surface area contributed by atoms with Gasteiger partial charge in [0.1, 0.15) is 0 Å². The summed E-state index contributed by atoms with van der Waals surface area (Å²) in [7, 11) is 0. The van der Waals surface area contributed by atoms with Crippen molar-refractivity contribution in [1.82, 2.24) is 0 Å². The predicted molar refractivity (Wildman–Crippen MR) is 213 cm³/mol. The third kappa shape index (κ3) is 6.14. The molecule has 0 atom stereocenters. The zero-order chi connectivity index (χ0) is 34.7. The van der Waals surface area contributed by atoms with Crippen LogP contribution < -0.4 is 19.3 Å². The highest BCUT2D eigenvalue weighted by molar-refractivity contribution is 5.83. The van der Waals surface area contributed by atoms with Crippen molar-refractivity contribution < 1.29 is 9.47 Å². The molecule has 0 spiro atoms. The molecule has 0 aliphatic carbocycles. The molecule has 1 heterocycles. The lowest BCUT2D eigenvalue weighted by atomic mass is 10.0. The van der Waals surface area contributed by atoms with Crippen LogP contribution in [0.1, 0.15) is 0 Å². The first-order valence-corrected chi connectivity index (χ1v) is 17.4. The lowest BCUT2D eigenvalue weighted by Crippen LogP contribution is -2.11. The monoisotopic (exact) mass is 670 g/mol. The van der Waals surface area contributed by atoms with Gasteiger partial charge in [-0.15, -0.1) is 0 Å². The van der Waals surface area contributed by atoms with Crippen molar-refractivity contribution in [3.05, 3.63) is 206 Å². The van der Waals surface area contributed by atoms with Crippen molar-refractivity contribution in [2.75, 3.05) is 9.80 Å². The van der Waals surface area contributed by atoms with E-state index in [0.29, 0.717) is 23.0 Å². The molecule has 0 unspecified atom stereocenters. The summed E-state index contributed by atoms with van der Waals surface area (Å²) in [6.45, 7) is 0. The largest absolute Gasteiger partial charge is 0.450 e. The molecule has 0 saturated carbocycles. The van der Waals surface area contributed by atoms with E-state index >= 15 is 0 Å². The fourth-order valence-electron chi connectivity index (χ4n) is 6.80. The van der Waals surface area contributed by atoms with Gasteiger partial charge in [-0.25, -0.2) is 0 Å². The molecule has 0 N–H and O–H groups in total. The van der Waals surface area contributed by atoms with Gasteiger partial charge in [-0.2, -0.15) is 0 Å². The number of rotatable bonds is 8. The van der Waals surface area contributed by atoms with Crippen LogP contribution in [0.3, 0.4) is 0 Å². The maximum Gasteiger partial charge on any atom is 0.172 e. The molecule has 9 rings (SSSR count). The van der Waals surface area contributed by atoms with Gasteiger partial charge < -0.3 is 19.3 Å². The second-order valence-corrected chi connectivity index (χ2v) is 12.6. The van der Waals surface area contributed by atoms with Crippen LogP contribution in [0, 0.1) is 0 Å². The van der Waals surface area contributed by atoms with E-state index in [1.165, 1.54) is 11.1 Å².